The Morgan fingerprint density at radius 1 is 0.140 bits per heavy atom. The Morgan fingerprint density at radius 3 is 0.364 bits per heavy atom. The molecule has 0 atom stereocenters. The van der Waals surface area contributed by atoms with Crippen LogP contribution in [-0.4, -0.2) is 33.3 Å². The van der Waals surface area contributed by atoms with Crippen LogP contribution in [0.5, 0.6) is 23.0 Å². The highest BCUT2D eigenvalue weighted by atomic mass is 28.4. The first-order valence-electron chi connectivity index (χ1n) is 36.8. The molecule has 0 saturated carbocycles. The molecule has 0 aromatic heterocycles. The first kappa shape index (κ1) is 69.0. The quantitative estimate of drug-likeness (QED) is 0.0400. The third-order valence-corrected chi connectivity index (χ3v) is 36.8. The van der Waals surface area contributed by atoms with Crippen molar-refractivity contribution in [2.45, 2.75) is 18.3 Å². The van der Waals surface area contributed by atoms with Gasteiger partial charge in [-0.2, -0.15) is 0 Å². The predicted octanol–water partition coefficient (Wildman–Crippen LogP) is 15.2. The second-order valence-electron chi connectivity index (χ2n) is 27.1. The minimum Gasteiger partial charge on any atom is -0.530 e. The summed E-state index contributed by atoms with van der Waals surface area (Å²) >= 11 is 0. The van der Waals surface area contributed by atoms with E-state index in [1.165, 1.54) is 0 Å². The van der Waals surface area contributed by atoms with Gasteiger partial charge < -0.3 is 17.7 Å². The molecule has 0 spiro atoms. The molecule has 0 aliphatic carbocycles. The highest BCUT2D eigenvalue weighted by Gasteiger charge is 2.48. The van der Waals surface area contributed by atoms with E-state index in [9.17, 15) is 0 Å². The van der Waals surface area contributed by atoms with Gasteiger partial charge in [-0.1, -0.05) is 413 Å². The second-order valence-corrected chi connectivity index (χ2v) is 40.3. The first-order chi connectivity index (χ1) is 53.0. The summed E-state index contributed by atoms with van der Waals surface area (Å²) < 4.78 is 31.0. The van der Waals surface area contributed by atoms with Gasteiger partial charge in [0.1, 0.15) is 23.0 Å². The molecule has 0 amide bonds. The predicted molar refractivity (Wildman–Crippen MR) is 453 cm³/mol. The van der Waals surface area contributed by atoms with E-state index in [0.29, 0.717) is 6.42 Å². The van der Waals surface area contributed by atoms with Crippen molar-refractivity contribution >= 4 is 95.5 Å². The molecule has 0 aliphatic heterocycles. The lowest BCUT2D eigenvalue weighted by molar-refractivity contribution is 0.572. The van der Waals surface area contributed by atoms with E-state index in [4.69, 9.17) is 17.7 Å². The van der Waals surface area contributed by atoms with Gasteiger partial charge in [0, 0.05) is 11.8 Å². The van der Waals surface area contributed by atoms with Crippen LogP contribution in [0.1, 0.15) is 40.5 Å². The summed E-state index contributed by atoms with van der Waals surface area (Å²) in [6.07, 6.45) is 0.682. The van der Waals surface area contributed by atoms with Crippen molar-refractivity contribution in [1.29, 1.82) is 0 Å². The molecule has 0 heterocycles. The first-order valence-corrected chi connectivity index (χ1v) is 44.5. The summed E-state index contributed by atoms with van der Waals surface area (Å²) in [5, 5.41) is 14.0. The van der Waals surface area contributed by atoms with Crippen LogP contribution in [-0.2, 0) is 0 Å². The van der Waals surface area contributed by atoms with Gasteiger partial charge in [0.2, 0.25) is 0 Å². The standard InChI is InChI=1S/C99H80O4Si4/c1-13-37-86(38-14-1)104(87-39-15-2-16-40-87,88-41-17-3-18-42-88)100-82-69-61-78(62-70-82)98(79-63-71-83(72-64-79)101-105(89-43-19-4-20-44-89,90-45-21-5-22-46-90)91-47-23-6-24-48-91)77-99(80-65-73-84(74-66-80)102-106(92-49-25-7-26-50-92,93-51-27-8-28-52-93)94-53-29-9-30-54-94)81-67-75-85(76-68-81)103-107(95-55-31-10-32-56-95,96-57-33-11-34-58-96)97-59-35-12-36-60-97/h1-76,98-99H,77H2. The monoisotopic (exact) mass is 1440 g/mol. The minimum absolute atomic E-state index is 0.155. The van der Waals surface area contributed by atoms with E-state index >= 15 is 0 Å². The van der Waals surface area contributed by atoms with Gasteiger partial charge in [-0.3, -0.25) is 0 Å². The minimum atomic E-state index is -3.17. The fourth-order valence-electron chi connectivity index (χ4n) is 15.7. The number of hydrogen-bond donors (Lipinski definition) is 0. The second kappa shape index (κ2) is 31.9. The normalized spacial score (nSPS) is 11.8. The fourth-order valence-corrected chi connectivity index (χ4v) is 31.0. The lowest BCUT2D eigenvalue weighted by atomic mass is 9.78. The number of benzene rings is 16. The lowest BCUT2D eigenvalue weighted by Gasteiger charge is -2.34. The smallest absolute Gasteiger partial charge is 0.346 e. The molecule has 0 bridgehead atoms. The zero-order chi connectivity index (χ0) is 72.0. The topological polar surface area (TPSA) is 36.9 Å². The number of rotatable bonds is 26. The van der Waals surface area contributed by atoms with Crippen LogP contribution >= 0.6 is 0 Å². The Labute approximate surface area is 633 Å². The average molecular weight is 1450 g/mol. The fraction of sp³-hybridized carbons (Fsp3) is 0.0303. The van der Waals surface area contributed by atoms with Crippen LogP contribution < -0.4 is 79.9 Å². The van der Waals surface area contributed by atoms with E-state index in [1.807, 2.05) is 0 Å². The molecule has 0 N–H and O–H groups in total. The zero-order valence-corrected chi connectivity index (χ0v) is 63.4. The molecule has 0 radical (unpaired) electrons. The van der Waals surface area contributed by atoms with Gasteiger partial charge in [0.25, 0.3) is 0 Å². The Bertz CT molecular complexity index is 4340. The largest absolute Gasteiger partial charge is 0.530 e. The van der Waals surface area contributed by atoms with Crippen LogP contribution in [0.15, 0.2) is 461 Å². The van der Waals surface area contributed by atoms with Crippen molar-refractivity contribution in [1.82, 2.24) is 0 Å². The molecule has 4 nitrogen and oxygen atoms in total. The summed E-state index contributed by atoms with van der Waals surface area (Å²) in [4.78, 5) is 0. The average Bonchev–Trinajstić information content (AvgIpc) is 0.769. The van der Waals surface area contributed by atoms with Crippen LogP contribution in [0, 0.1) is 0 Å². The maximum atomic E-state index is 7.76. The number of hydrogen-bond acceptors (Lipinski definition) is 4. The molecule has 0 unspecified atom stereocenters. The summed E-state index contributed by atoms with van der Waals surface area (Å²) in [6.45, 7) is 0. The molecule has 0 saturated heterocycles. The van der Waals surface area contributed by atoms with E-state index < -0.39 is 33.3 Å². The molecule has 16 aromatic rings. The third-order valence-electron chi connectivity index (χ3n) is 20.8. The van der Waals surface area contributed by atoms with Crippen molar-refractivity contribution in [3.8, 4) is 23.0 Å². The zero-order valence-electron chi connectivity index (χ0n) is 59.4. The molecular weight excluding hydrogens is 1370 g/mol. The van der Waals surface area contributed by atoms with Gasteiger partial charge in [-0.15, -0.1) is 0 Å². The molecule has 16 rings (SSSR count). The van der Waals surface area contributed by atoms with Crippen molar-refractivity contribution in [3.63, 3.8) is 0 Å². The molecule has 107 heavy (non-hydrogen) atoms. The molecule has 0 fully saturated rings. The molecule has 16 aromatic carbocycles. The Balaban J connectivity index is 0.846. The van der Waals surface area contributed by atoms with E-state index in [1.54, 1.807) is 0 Å². The van der Waals surface area contributed by atoms with Gasteiger partial charge in [-0.25, -0.2) is 0 Å². The summed E-state index contributed by atoms with van der Waals surface area (Å²) in [5.41, 5.74) is 4.60. The Morgan fingerprint density at radius 2 is 0.252 bits per heavy atom. The van der Waals surface area contributed by atoms with E-state index in [2.05, 4.69) is 461 Å². The van der Waals surface area contributed by atoms with Crippen molar-refractivity contribution in [2.24, 2.45) is 0 Å². The molecular formula is C99H80O4Si4. The van der Waals surface area contributed by atoms with E-state index in [-0.39, 0.29) is 11.8 Å². The van der Waals surface area contributed by atoms with Gasteiger partial charge in [0.05, 0.1) is 0 Å². The van der Waals surface area contributed by atoms with Crippen LogP contribution in [0.2, 0.25) is 0 Å². The van der Waals surface area contributed by atoms with Crippen molar-refractivity contribution in [3.05, 3.63) is 483 Å². The maximum absolute atomic E-state index is 7.76. The van der Waals surface area contributed by atoms with Crippen molar-refractivity contribution < 1.29 is 17.7 Å². The van der Waals surface area contributed by atoms with Crippen LogP contribution in [0.25, 0.3) is 0 Å². The van der Waals surface area contributed by atoms with E-state index in [0.717, 1.165) is 107 Å². The molecule has 0 aliphatic rings. The van der Waals surface area contributed by atoms with Crippen LogP contribution in [0.4, 0.5) is 0 Å². The van der Waals surface area contributed by atoms with Gasteiger partial charge in [0.15, 0.2) is 0 Å². The van der Waals surface area contributed by atoms with Crippen molar-refractivity contribution in [2.75, 3.05) is 0 Å². The highest BCUT2D eigenvalue weighted by Crippen LogP contribution is 2.41. The lowest BCUT2D eigenvalue weighted by Crippen LogP contribution is -2.71. The summed E-state index contributed by atoms with van der Waals surface area (Å²) in [7, 11) is -12.7. The highest BCUT2D eigenvalue weighted by molar-refractivity contribution is 7.09. The molecule has 8 heteroatoms. The van der Waals surface area contributed by atoms with Gasteiger partial charge >= 0.3 is 33.3 Å². The maximum Gasteiger partial charge on any atom is 0.346 e. The summed E-state index contributed by atoms with van der Waals surface area (Å²) in [5.74, 6) is 2.89. The Hall–Kier alpha value is -12.4. The van der Waals surface area contributed by atoms with Crippen LogP contribution in [0.3, 0.4) is 0 Å². The van der Waals surface area contributed by atoms with Gasteiger partial charge in [-0.05, 0) is 139 Å². The third kappa shape index (κ3) is 14.1. The summed E-state index contributed by atoms with van der Waals surface area (Å²) in [6, 6.07) is 166. The Kier molecular flexibility index (Phi) is 20.6. The molecule has 516 valence electrons. The SMILES string of the molecule is c1ccc([Si](Oc2ccc(C(CC(c3ccc(O[Si](c4ccccc4)(c4ccccc4)c4ccccc4)cc3)c3ccc(O[Si](c4ccccc4)(c4ccccc4)c4ccccc4)cc3)c3ccc(O[Si](c4ccccc4)(c4ccccc4)c4ccccc4)cc3)cc2)(c2ccccc2)c2ccccc2)cc1.